The van der Waals surface area contributed by atoms with E-state index >= 15 is 0 Å². The average molecular weight is 437 g/mol. The Bertz CT molecular complexity index is 937. The van der Waals surface area contributed by atoms with Crippen molar-refractivity contribution in [3.8, 4) is 0 Å². The summed E-state index contributed by atoms with van der Waals surface area (Å²) in [4.78, 5) is 36.1. The van der Waals surface area contributed by atoms with Gasteiger partial charge in [0.25, 0.3) is 0 Å². The number of esters is 3. The van der Waals surface area contributed by atoms with E-state index in [1.165, 1.54) is 14.2 Å². The number of methoxy groups -OCH3 is 2. The lowest BCUT2D eigenvalue weighted by atomic mass is 10.1. The number of hydrogen-bond donors (Lipinski definition) is 2. The molecule has 0 aliphatic carbocycles. The molecule has 0 unspecified atom stereocenters. The van der Waals surface area contributed by atoms with Crippen molar-refractivity contribution in [2.24, 2.45) is 0 Å². The molecule has 1 heterocycles. The molecule has 0 aliphatic rings. The second-order valence-electron chi connectivity index (χ2n) is 5.62. The van der Waals surface area contributed by atoms with Crippen LogP contribution in [-0.2, 0) is 14.2 Å². The molecule has 0 spiro atoms. The molecule has 0 aliphatic heterocycles. The van der Waals surface area contributed by atoms with Gasteiger partial charge < -0.3 is 24.8 Å². The number of ether oxygens (including phenoxy) is 3. The Labute approximate surface area is 177 Å². The summed E-state index contributed by atoms with van der Waals surface area (Å²) in [6, 6.07) is 6.54. The SMILES string of the molecule is CCOC(=O)c1ccc(NC(=S)Nc2sc(C(=O)OC)c(C)c2C(=O)OC)cc1. The molecule has 154 valence electrons. The molecule has 2 rings (SSSR count). The number of thiophene rings is 1. The van der Waals surface area contributed by atoms with Crippen molar-refractivity contribution in [1.29, 1.82) is 0 Å². The highest BCUT2D eigenvalue weighted by molar-refractivity contribution is 7.80. The number of hydrogen-bond acceptors (Lipinski definition) is 8. The summed E-state index contributed by atoms with van der Waals surface area (Å²) in [5.41, 5.74) is 1.69. The van der Waals surface area contributed by atoms with Gasteiger partial charge in [-0.15, -0.1) is 11.3 Å². The van der Waals surface area contributed by atoms with Gasteiger partial charge in [-0.05, 0) is 55.9 Å². The number of nitrogens with one attached hydrogen (secondary N) is 2. The zero-order valence-electron chi connectivity index (χ0n) is 16.3. The van der Waals surface area contributed by atoms with E-state index in [0.29, 0.717) is 28.4 Å². The number of thiocarbonyl (C=S) groups is 1. The second-order valence-corrected chi connectivity index (χ2v) is 7.05. The van der Waals surface area contributed by atoms with Crippen LogP contribution >= 0.6 is 23.6 Å². The van der Waals surface area contributed by atoms with Crippen LogP contribution in [0.4, 0.5) is 10.7 Å². The predicted octanol–water partition coefficient (Wildman–Crippen LogP) is 3.62. The first-order valence-electron chi connectivity index (χ1n) is 8.47. The van der Waals surface area contributed by atoms with Gasteiger partial charge in [0.2, 0.25) is 0 Å². The molecular weight excluding hydrogens is 416 g/mol. The average Bonchev–Trinajstić information content (AvgIpc) is 3.03. The molecule has 2 N–H and O–H groups in total. The van der Waals surface area contributed by atoms with Crippen molar-refractivity contribution >= 4 is 57.3 Å². The molecule has 0 radical (unpaired) electrons. The van der Waals surface area contributed by atoms with Gasteiger partial charge in [0, 0.05) is 5.69 Å². The Balaban J connectivity index is 2.19. The van der Waals surface area contributed by atoms with Crippen LogP contribution in [0.2, 0.25) is 0 Å². The number of anilines is 2. The van der Waals surface area contributed by atoms with Crippen molar-refractivity contribution < 1.29 is 28.6 Å². The zero-order chi connectivity index (χ0) is 21.6. The third-order valence-corrected chi connectivity index (χ3v) is 5.18. The third-order valence-electron chi connectivity index (χ3n) is 3.79. The van der Waals surface area contributed by atoms with E-state index in [1.807, 2.05) is 0 Å². The van der Waals surface area contributed by atoms with Crippen LogP contribution in [0.3, 0.4) is 0 Å². The number of carbonyl (C=O) groups is 3. The lowest BCUT2D eigenvalue weighted by Crippen LogP contribution is -2.20. The summed E-state index contributed by atoms with van der Waals surface area (Å²) in [6.45, 7) is 3.66. The topological polar surface area (TPSA) is 103 Å². The fourth-order valence-electron chi connectivity index (χ4n) is 2.41. The fourth-order valence-corrected chi connectivity index (χ4v) is 3.81. The molecule has 2 aromatic rings. The Morgan fingerprint density at radius 3 is 2.17 bits per heavy atom. The normalized spacial score (nSPS) is 10.1. The van der Waals surface area contributed by atoms with E-state index in [0.717, 1.165) is 11.3 Å². The van der Waals surface area contributed by atoms with Gasteiger partial charge in [-0.3, -0.25) is 0 Å². The van der Waals surface area contributed by atoms with Gasteiger partial charge in [-0.2, -0.15) is 0 Å². The molecule has 0 saturated carbocycles. The van der Waals surface area contributed by atoms with Gasteiger partial charge in [0.15, 0.2) is 5.11 Å². The molecule has 0 amide bonds. The lowest BCUT2D eigenvalue weighted by Gasteiger charge is -2.11. The van der Waals surface area contributed by atoms with Crippen LogP contribution in [-0.4, -0.2) is 43.8 Å². The van der Waals surface area contributed by atoms with Gasteiger partial charge in [0.05, 0.1) is 32.0 Å². The summed E-state index contributed by atoms with van der Waals surface area (Å²) >= 11 is 6.34. The van der Waals surface area contributed by atoms with E-state index in [4.69, 9.17) is 26.4 Å². The Hall–Kier alpha value is -2.98. The maximum Gasteiger partial charge on any atom is 0.348 e. The summed E-state index contributed by atoms with van der Waals surface area (Å²) < 4.78 is 14.5. The van der Waals surface area contributed by atoms with E-state index in [9.17, 15) is 14.4 Å². The molecular formula is C19H20N2O6S2. The minimum absolute atomic E-state index is 0.191. The van der Waals surface area contributed by atoms with E-state index in [2.05, 4.69) is 10.6 Å². The largest absolute Gasteiger partial charge is 0.465 e. The standard InChI is InChI=1S/C19H20N2O6S2/c1-5-27-16(22)11-6-8-12(9-7-11)20-19(28)21-15-13(17(23)25-3)10(2)14(29-15)18(24)26-4/h6-9H,5H2,1-4H3,(H2,20,21,28). The molecule has 1 aromatic carbocycles. The molecule has 0 atom stereocenters. The molecule has 0 bridgehead atoms. The first kappa shape index (κ1) is 22.3. The maximum atomic E-state index is 12.2. The minimum Gasteiger partial charge on any atom is -0.465 e. The van der Waals surface area contributed by atoms with Crippen molar-refractivity contribution in [3.63, 3.8) is 0 Å². The molecule has 1 aromatic heterocycles. The number of benzene rings is 1. The molecule has 0 fully saturated rings. The van der Waals surface area contributed by atoms with Crippen molar-refractivity contribution in [1.82, 2.24) is 0 Å². The summed E-state index contributed by atoms with van der Waals surface area (Å²) in [6.07, 6.45) is 0. The van der Waals surface area contributed by atoms with Gasteiger partial charge in [-0.25, -0.2) is 14.4 Å². The summed E-state index contributed by atoms with van der Waals surface area (Å²) in [7, 11) is 2.52. The van der Waals surface area contributed by atoms with Crippen molar-refractivity contribution in [3.05, 3.63) is 45.8 Å². The van der Waals surface area contributed by atoms with E-state index in [-0.39, 0.29) is 15.6 Å². The number of rotatable bonds is 6. The summed E-state index contributed by atoms with van der Waals surface area (Å²) in [5.74, 6) is -1.57. The Kier molecular flexibility index (Phi) is 7.68. The highest BCUT2D eigenvalue weighted by atomic mass is 32.1. The Morgan fingerprint density at radius 1 is 1.00 bits per heavy atom. The van der Waals surface area contributed by atoms with Gasteiger partial charge in [0.1, 0.15) is 9.88 Å². The molecule has 8 nitrogen and oxygen atoms in total. The smallest absolute Gasteiger partial charge is 0.348 e. The van der Waals surface area contributed by atoms with Crippen molar-refractivity contribution in [2.45, 2.75) is 13.8 Å². The quantitative estimate of drug-likeness (QED) is 0.399. The van der Waals surface area contributed by atoms with Crippen LogP contribution in [0, 0.1) is 6.92 Å². The van der Waals surface area contributed by atoms with Crippen molar-refractivity contribution in [2.75, 3.05) is 31.5 Å². The van der Waals surface area contributed by atoms with Crippen LogP contribution in [0.5, 0.6) is 0 Å². The van der Waals surface area contributed by atoms with Crippen LogP contribution < -0.4 is 10.6 Å². The lowest BCUT2D eigenvalue weighted by molar-refractivity contribution is 0.0524. The molecule has 29 heavy (non-hydrogen) atoms. The fraction of sp³-hybridized carbons (Fsp3) is 0.263. The van der Waals surface area contributed by atoms with Crippen LogP contribution in [0.15, 0.2) is 24.3 Å². The predicted molar refractivity (Wildman–Crippen MR) is 114 cm³/mol. The monoisotopic (exact) mass is 436 g/mol. The molecule has 0 saturated heterocycles. The first-order chi connectivity index (χ1) is 13.8. The van der Waals surface area contributed by atoms with Gasteiger partial charge >= 0.3 is 17.9 Å². The zero-order valence-corrected chi connectivity index (χ0v) is 17.9. The number of carbonyl (C=O) groups excluding carboxylic acids is 3. The highest BCUT2D eigenvalue weighted by Crippen LogP contribution is 2.34. The maximum absolute atomic E-state index is 12.2. The van der Waals surface area contributed by atoms with E-state index in [1.54, 1.807) is 38.1 Å². The third kappa shape index (κ3) is 5.30. The van der Waals surface area contributed by atoms with E-state index < -0.39 is 17.9 Å². The summed E-state index contributed by atoms with van der Waals surface area (Å²) in [5, 5.41) is 6.41. The van der Waals surface area contributed by atoms with Crippen LogP contribution in [0.25, 0.3) is 0 Å². The highest BCUT2D eigenvalue weighted by Gasteiger charge is 2.26. The van der Waals surface area contributed by atoms with Gasteiger partial charge in [-0.1, -0.05) is 0 Å². The Morgan fingerprint density at radius 2 is 1.62 bits per heavy atom. The first-order valence-corrected chi connectivity index (χ1v) is 9.70. The van der Waals surface area contributed by atoms with Crippen LogP contribution in [0.1, 0.15) is 42.9 Å². The minimum atomic E-state index is -0.599. The second kappa shape index (κ2) is 9.99. The molecule has 10 heteroatoms.